The van der Waals surface area contributed by atoms with E-state index in [1.807, 2.05) is 6.92 Å². The van der Waals surface area contributed by atoms with Gasteiger partial charge in [-0.1, -0.05) is 11.6 Å². The molecule has 0 aliphatic heterocycles. The number of nitrogens with zero attached hydrogens (tertiary/aromatic N) is 1. The van der Waals surface area contributed by atoms with Crippen molar-refractivity contribution < 1.29 is 17.9 Å². The first kappa shape index (κ1) is 19.9. The Kier molecular flexibility index (Phi) is 7.98. The Morgan fingerprint density at radius 1 is 1.35 bits per heavy atom. The maximum atomic E-state index is 12.0. The molecule has 1 rings (SSSR count). The zero-order valence-electron chi connectivity index (χ0n) is 13.6. The highest BCUT2D eigenvalue weighted by Gasteiger charge is 2.17. The molecule has 6 nitrogen and oxygen atoms in total. The Labute approximate surface area is 142 Å². The maximum absolute atomic E-state index is 12.0. The number of anilines is 1. The minimum Gasteiger partial charge on any atom is -0.385 e. The summed E-state index contributed by atoms with van der Waals surface area (Å²) in [6, 6.07) is 5.17. The van der Waals surface area contributed by atoms with E-state index in [0.29, 0.717) is 30.3 Å². The molecule has 1 aromatic carbocycles. The van der Waals surface area contributed by atoms with Crippen molar-refractivity contribution in [1.29, 1.82) is 0 Å². The van der Waals surface area contributed by atoms with Crippen molar-refractivity contribution in [3.8, 4) is 0 Å². The van der Waals surface area contributed by atoms with Crippen molar-refractivity contribution in [2.45, 2.75) is 19.8 Å². The van der Waals surface area contributed by atoms with Crippen LogP contribution < -0.4 is 5.32 Å². The monoisotopic (exact) mass is 362 g/mol. The number of benzene rings is 1. The van der Waals surface area contributed by atoms with Gasteiger partial charge in [0.1, 0.15) is 0 Å². The first-order valence-corrected chi connectivity index (χ1v) is 9.46. The van der Waals surface area contributed by atoms with Crippen LogP contribution in [-0.2, 0) is 19.6 Å². The molecule has 0 aliphatic rings. The number of carbonyl (C=O) groups is 1. The maximum Gasteiger partial charge on any atom is 0.225 e. The summed E-state index contributed by atoms with van der Waals surface area (Å²) in [7, 11) is -1.79. The molecule has 0 fully saturated rings. The third-order valence-electron chi connectivity index (χ3n) is 3.28. The summed E-state index contributed by atoms with van der Waals surface area (Å²) in [4.78, 5) is 12.0. The van der Waals surface area contributed by atoms with Gasteiger partial charge in [-0.2, -0.15) is 0 Å². The molecule has 0 atom stereocenters. The predicted octanol–water partition coefficient (Wildman–Crippen LogP) is 2.28. The van der Waals surface area contributed by atoms with E-state index in [0.717, 1.165) is 11.8 Å². The van der Waals surface area contributed by atoms with Gasteiger partial charge in [0.25, 0.3) is 0 Å². The summed E-state index contributed by atoms with van der Waals surface area (Å²) in [5.74, 6) is -0.240. The number of ether oxygens (including phenoxy) is 1. The van der Waals surface area contributed by atoms with E-state index < -0.39 is 10.0 Å². The smallest absolute Gasteiger partial charge is 0.225 e. The van der Waals surface area contributed by atoms with Crippen molar-refractivity contribution >= 4 is 33.2 Å². The molecule has 0 spiro atoms. The molecule has 0 aromatic heterocycles. The van der Waals surface area contributed by atoms with Crippen LogP contribution in [0.2, 0.25) is 5.02 Å². The second kappa shape index (κ2) is 9.22. The predicted molar refractivity (Wildman–Crippen MR) is 92.3 cm³/mol. The van der Waals surface area contributed by atoms with Gasteiger partial charge >= 0.3 is 0 Å². The number of nitrogens with one attached hydrogen (secondary N) is 1. The summed E-state index contributed by atoms with van der Waals surface area (Å²) in [6.45, 7) is 2.79. The fourth-order valence-electron chi connectivity index (χ4n) is 2.03. The average molecular weight is 363 g/mol. The van der Waals surface area contributed by atoms with E-state index in [4.69, 9.17) is 16.3 Å². The van der Waals surface area contributed by atoms with Gasteiger partial charge in [0.2, 0.25) is 15.9 Å². The van der Waals surface area contributed by atoms with E-state index in [2.05, 4.69) is 5.32 Å². The molecule has 0 saturated carbocycles. The van der Waals surface area contributed by atoms with Gasteiger partial charge in [-0.3, -0.25) is 4.79 Å². The van der Waals surface area contributed by atoms with Crippen LogP contribution in [0.5, 0.6) is 0 Å². The molecule has 0 radical (unpaired) electrons. The highest BCUT2D eigenvalue weighted by atomic mass is 35.5. The van der Waals surface area contributed by atoms with Crippen LogP contribution in [0.3, 0.4) is 0 Å². The first-order chi connectivity index (χ1) is 10.7. The van der Waals surface area contributed by atoms with Gasteiger partial charge < -0.3 is 10.1 Å². The lowest BCUT2D eigenvalue weighted by Crippen LogP contribution is -2.34. The zero-order valence-corrected chi connectivity index (χ0v) is 15.2. The Morgan fingerprint density at radius 3 is 2.61 bits per heavy atom. The van der Waals surface area contributed by atoms with E-state index in [1.165, 1.54) is 4.31 Å². The van der Waals surface area contributed by atoms with Gasteiger partial charge in [-0.25, -0.2) is 12.7 Å². The molecule has 8 heteroatoms. The molecule has 1 aromatic rings. The van der Waals surface area contributed by atoms with Gasteiger partial charge in [-0.05, 0) is 37.1 Å². The summed E-state index contributed by atoms with van der Waals surface area (Å²) < 4.78 is 29.7. The van der Waals surface area contributed by atoms with Gasteiger partial charge in [0.15, 0.2) is 0 Å². The van der Waals surface area contributed by atoms with Gasteiger partial charge in [0, 0.05) is 43.9 Å². The topological polar surface area (TPSA) is 75.7 Å². The number of rotatable bonds is 9. The van der Waals surface area contributed by atoms with Crippen LogP contribution in [-0.4, -0.2) is 51.7 Å². The number of aryl methyl sites for hydroxylation is 1. The quantitative estimate of drug-likeness (QED) is 0.684. The molecule has 23 heavy (non-hydrogen) atoms. The number of hydrogen-bond acceptors (Lipinski definition) is 4. The van der Waals surface area contributed by atoms with Crippen LogP contribution in [0.25, 0.3) is 0 Å². The Balaban J connectivity index is 2.57. The van der Waals surface area contributed by atoms with E-state index in [9.17, 15) is 13.2 Å². The number of carbonyl (C=O) groups excluding carboxylic acids is 1. The number of sulfonamides is 1. The summed E-state index contributed by atoms with van der Waals surface area (Å²) in [6.07, 6.45) is 1.81. The van der Waals surface area contributed by atoms with Crippen molar-refractivity contribution in [1.82, 2.24) is 4.31 Å². The van der Waals surface area contributed by atoms with Crippen LogP contribution in [0.4, 0.5) is 5.69 Å². The second-order valence-electron chi connectivity index (χ2n) is 5.27. The Morgan fingerprint density at radius 2 is 2.04 bits per heavy atom. The normalized spacial score (nSPS) is 11.7. The van der Waals surface area contributed by atoms with Crippen LogP contribution >= 0.6 is 11.6 Å². The van der Waals surface area contributed by atoms with Crippen molar-refractivity contribution in [3.05, 3.63) is 28.8 Å². The molecule has 1 N–H and O–H groups in total. The lowest BCUT2D eigenvalue weighted by Gasteiger charge is -2.19. The Hall–Kier alpha value is -1.15. The molecule has 0 saturated heterocycles. The van der Waals surface area contributed by atoms with E-state index >= 15 is 0 Å². The fourth-order valence-corrected chi connectivity index (χ4v) is 3.15. The largest absolute Gasteiger partial charge is 0.385 e. The zero-order chi connectivity index (χ0) is 17.5. The summed E-state index contributed by atoms with van der Waals surface area (Å²) in [5.41, 5.74) is 1.52. The van der Waals surface area contributed by atoms with Crippen molar-refractivity contribution in [3.63, 3.8) is 0 Å². The second-order valence-corrected chi connectivity index (χ2v) is 7.68. The summed E-state index contributed by atoms with van der Waals surface area (Å²) in [5, 5.41) is 3.37. The number of hydrogen-bond donors (Lipinski definition) is 1. The SMILES string of the molecule is COCCCN(CCC(=O)Nc1ccc(Cl)cc1C)S(C)(=O)=O. The molecule has 0 bridgehead atoms. The first-order valence-electron chi connectivity index (χ1n) is 7.24. The molecule has 0 heterocycles. The molecular formula is C15H23ClN2O4S. The number of methoxy groups -OCH3 is 1. The minimum atomic E-state index is -3.35. The highest BCUT2D eigenvalue weighted by molar-refractivity contribution is 7.88. The molecular weight excluding hydrogens is 340 g/mol. The van der Waals surface area contributed by atoms with Crippen LogP contribution in [0.1, 0.15) is 18.4 Å². The van der Waals surface area contributed by atoms with Gasteiger partial charge in [-0.15, -0.1) is 0 Å². The lowest BCUT2D eigenvalue weighted by atomic mass is 10.2. The van der Waals surface area contributed by atoms with Gasteiger partial charge in [0.05, 0.1) is 6.26 Å². The molecule has 1 amide bonds. The third-order valence-corrected chi connectivity index (χ3v) is 4.81. The minimum absolute atomic E-state index is 0.0854. The lowest BCUT2D eigenvalue weighted by molar-refractivity contribution is -0.116. The summed E-state index contributed by atoms with van der Waals surface area (Å²) >= 11 is 5.87. The van der Waals surface area contributed by atoms with Crippen LogP contribution in [0.15, 0.2) is 18.2 Å². The molecule has 0 aliphatic carbocycles. The highest BCUT2D eigenvalue weighted by Crippen LogP contribution is 2.19. The third kappa shape index (κ3) is 7.30. The van der Waals surface area contributed by atoms with Crippen molar-refractivity contribution in [2.24, 2.45) is 0 Å². The van der Waals surface area contributed by atoms with Crippen LogP contribution in [0, 0.1) is 6.92 Å². The fraction of sp³-hybridized carbons (Fsp3) is 0.533. The Bertz CT molecular complexity index is 634. The van der Waals surface area contributed by atoms with E-state index in [-0.39, 0.29) is 18.9 Å². The number of halogens is 1. The standard InChI is InChI=1S/C15H23ClN2O4S/c1-12-11-13(16)5-6-14(12)17-15(19)7-9-18(23(3,20)21)8-4-10-22-2/h5-6,11H,4,7-10H2,1-3H3,(H,17,19). The average Bonchev–Trinajstić information content (AvgIpc) is 2.44. The van der Waals surface area contributed by atoms with Crippen molar-refractivity contribution in [2.75, 3.05) is 38.4 Å². The number of amides is 1. The van der Waals surface area contributed by atoms with E-state index in [1.54, 1.807) is 25.3 Å². The molecule has 130 valence electrons. The molecule has 0 unspecified atom stereocenters.